The van der Waals surface area contributed by atoms with Crippen molar-refractivity contribution in [3.05, 3.63) is 56.4 Å². The van der Waals surface area contributed by atoms with Crippen molar-refractivity contribution in [1.29, 1.82) is 0 Å². The molecule has 1 aliphatic carbocycles. The van der Waals surface area contributed by atoms with Crippen molar-refractivity contribution in [2.75, 3.05) is 13.1 Å². The predicted molar refractivity (Wildman–Crippen MR) is 89.3 cm³/mol. The number of nitrogens with zero attached hydrogens (tertiary/aromatic N) is 2. The third-order valence-electron chi connectivity index (χ3n) is 4.31. The third kappa shape index (κ3) is 4.07. The molecule has 1 fully saturated rings. The molecule has 1 aromatic heterocycles. The van der Waals surface area contributed by atoms with Gasteiger partial charge < -0.3 is 9.67 Å². The average Bonchev–Trinajstić information content (AvgIpc) is 3.32. The van der Waals surface area contributed by atoms with Gasteiger partial charge in [-0.1, -0.05) is 23.5 Å². The van der Waals surface area contributed by atoms with Crippen LogP contribution in [-0.4, -0.2) is 33.7 Å². The molecule has 0 spiro atoms. The molecular weight excluding hydrogens is 315 g/mol. The van der Waals surface area contributed by atoms with Crippen LogP contribution in [0.15, 0.2) is 34.4 Å². The molecular formula is C17H21FN2O2S. The Morgan fingerprint density at radius 1 is 1.39 bits per heavy atom. The van der Waals surface area contributed by atoms with E-state index in [1.807, 2.05) is 12.3 Å². The van der Waals surface area contributed by atoms with E-state index >= 15 is 0 Å². The lowest BCUT2D eigenvalue weighted by atomic mass is 10.1. The summed E-state index contributed by atoms with van der Waals surface area (Å²) in [5, 5.41) is 12.3. The Kier molecular flexibility index (Phi) is 4.94. The summed E-state index contributed by atoms with van der Waals surface area (Å²) in [5.74, 6) is -0.299. The van der Waals surface area contributed by atoms with Gasteiger partial charge in [0, 0.05) is 36.8 Å². The highest BCUT2D eigenvalue weighted by molar-refractivity contribution is 7.07. The molecule has 1 atom stereocenters. The molecule has 2 aromatic rings. The molecule has 3 rings (SSSR count). The van der Waals surface area contributed by atoms with Crippen LogP contribution in [0.2, 0.25) is 0 Å². The first-order valence-corrected chi connectivity index (χ1v) is 8.75. The minimum atomic E-state index is -0.642. The van der Waals surface area contributed by atoms with Gasteiger partial charge in [-0.3, -0.25) is 9.69 Å². The maximum atomic E-state index is 13.0. The van der Waals surface area contributed by atoms with Crippen LogP contribution in [-0.2, 0) is 6.54 Å². The van der Waals surface area contributed by atoms with Gasteiger partial charge in [0.2, 0.25) is 0 Å². The number of rotatable bonds is 7. The quantitative estimate of drug-likeness (QED) is 0.845. The number of aliphatic hydroxyl groups is 1. The van der Waals surface area contributed by atoms with Gasteiger partial charge in [0.05, 0.1) is 6.10 Å². The van der Waals surface area contributed by atoms with E-state index in [1.165, 1.54) is 23.5 Å². The van der Waals surface area contributed by atoms with Gasteiger partial charge in [0.25, 0.3) is 0 Å². The summed E-state index contributed by atoms with van der Waals surface area (Å²) >= 11 is 1.22. The zero-order valence-corrected chi connectivity index (χ0v) is 13.9. The topological polar surface area (TPSA) is 45.5 Å². The van der Waals surface area contributed by atoms with Crippen LogP contribution in [0.25, 0.3) is 0 Å². The zero-order chi connectivity index (χ0) is 16.4. The summed E-state index contributed by atoms with van der Waals surface area (Å²) in [5.41, 5.74) is 1.70. The fraction of sp³-hybridized carbons (Fsp3) is 0.471. The number of aliphatic hydroxyl groups excluding tert-OH is 1. The first kappa shape index (κ1) is 16.4. The largest absolute Gasteiger partial charge is 0.387 e. The van der Waals surface area contributed by atoms with Crippen molar-refractivity contribution in [2.45, 2.75) is 38.5 Å². The highest BCUT2D eigenvalue weighted by Crippen LogP contribution is 2.28. The second kappa shape index (κ2) is 6.95. The Labute approximate surface area is 138 Å². The third-order valence-corrected chi connectivity index (χ3v) is 5.19. The molecule has 0 bridgehead atoms. The fourth-order valence-electron chi connectivity index (χ4n) is 2.78. The Hall–Kier alpha value is -1.50. The molecule has 1 saturated carbocycles. The summed E-state index contributed by atoms with van der Waals surface area (Å²) in [6.45, 7) is 3.82. The molecule has 0 radical (unpaired) electrons. The van der Waals surface area contributed by atoms with Gasteiger partial charge >= 0.3 is 4.87 Å². The Morgan fingerprint density at radius 2 is 2.09 bits per heavy atom. The summed E-state index contributed by atoms with van der Waals surface area (Å²) in [6, 6.07) is 6.47. The van der Waals surface area contributed by atoms with E-state index in [0.717, 1.165) is 30.6 Å². The van der Waals surface area contributed by atoms with Gasteiger partial charge in [-0.2, -0.15) is 0 Å². The van der Waals surface area contributed by atoms with E-state index in [0.29, 0.717) is 19.1 Å². The highest BCUT2D eigenvalue weighted by atomic mass is 32.1. The van der Waals surface area contributed by atoms with Crippen LogP contribution < -0.4 is 4.87 Å². The molecule has 4 nitrogen and oxygen atoms in total. The van der Waals surface area contributed by atoms with Crippen LogP contribution in [0, 0.1) is 12.7 Å². The maximum Gasteiger partial charge on any atom is 0.307 e. The van der Waals surface area contributed by atoms with Crippen molar-refractivity contribution in [3.8, 4) is 0 Å². The SMILES string of the molecule is Cc1csc(=O)n1CCN(CC(O)c1ccc(F)cc1)C1CC1. The van der Waals surface area contributed by atoms with Crippen LogP contribution in [0.1, 0.15) is 30.2 Å². The van der Waals surface area contributed by atoms with E-state index in [-0.39, 0.29) is 10.7 Å². The van der Waals surface area contributed by atoms with Crippen molar-refractivity contribution < 1.29 is 9.50 Å². The number of aryl methyl sites for hydroxylation is 1. The molecule has 0 aliphatic heterocycles. The molecule has 124 valence electrons. The summed E-state index contributed by atoms with van der Waals surface area (Å²) in [4.78, 5) is 14.1. The van der Waals surface area contributed by atoms with Gasteiger partial charge in [-0.15, -0.1) is 0 Å². The molecule has 1 unspecified atom stereocenters. The normalized spacial score (nSPS) is 16.0. The number of thiazole rings is 1. The lowest BCUT2D eigenvalue weighted by Crippen LogP contribution is -2.35. The Morgan fingerprint density at radius 3 is 2.65 bits per heavy atom. The summed E-state index contributed by atoms with van der Waals surface area (Å²) in [6.07, 6.45) is 1.62. The molecule has 1 N–H and O–H groups in total. The van der Waals surface area contributed by atoms with E-state index in [9.17, 15) is 14.3 Å². The molecule has 6 heteroatoms. The number of halogens is 1. The molecule has 1 heterocycles. The molecule has 23 heavy (non-hydrogen) atoms. The molecule has 1 aliphatic rings. The van der Waals surface area contributed by atoms with E-state index in [1.54, 1.807) is 16.7 Å². The zero-order valence-electron chi connectivity index (χ0n) is 13.1. The van der Waals surface area contributed by atoms with Crippen LogP contribution in [0.4, 0.5) is 4.39 Å². The lowest BCUT2D eigenvalue weighted by molar-refractivity contribution is 0.106. The van der Waals surface area contributed by atoms with E-state index in [4.69, 9.17) is 0 Å². The summed E-state index contributed by atoms with van der Waals surface area (Å²) in [7, 11) is 0. The standard InChI is InChI=1S/C17H21FN2O2S/c1-12-11-23-17(22)20(12)9-8-19(15-6-7-15)10-16(21)13-2-4-14(18)5-3-13/h2-5,11,15-16,21H,6-10H2,1H3. The van der Waals surface area contributed by atoms with Crippen LogP contribution in [0.5, 0.6) is 0 Å². The predicted octanol–water partition coefficient (Wildman–Crippen LogP) is 2.56. The van der Waals surface area contributed by atoms with Crippen molar-refractivity contribution >= 4 is 11.3 Å². The maximum absolute atomic E-state index is 13.0. The lowest BCUT2D eigenvalue weighted by Gasteiger charge is -2.25. The van der Waals surface area contributed by atoms with Crippen molar-refractivity contribution in [3.63, 3.8) is 0 Å². The Bertz CT molecular complexity index is 706. The van der Waals surface area contributed by atoms with Crippen molar-refractivity contribution in [1.82, 2.24) is 9.47 Å². The number of benzene rings is 1. The first-order chi connectivity index (χ1) is 11.0. The second-order valence-electron chi connectivity index (χ2n) is 6.09. The smallest absolute Gasteiger partial charge is 0.307 e. The monoisotopic (exact) mass is 336 g/mol. The number of hydrogen-bond donors (Lipinski definition) is 1. The number of aromatic nitrogens is 1. The minimum absolute atomic E-state index is 0.0670. The molecule has 0 amide bonds. The van der Waals surface area contributed by atoms with E-state index < -0.39 is 6.10 Å². The summed E-state index contributed by atoms with van der Waals surface area (Å²) < 4.78 is 14.8. The average molecular weight is 336 g/mol. The molecule has 0 saturated heterocycles. The van der Waals surface area contributed by atoms with Crippen molar-refractivity contribution in [2.24, 2.45) is 0 Å². The van der Waals surface area contributed by atoms with Crippen LogP contribution >= 0.6 is 11.3 Å². The first-order valence-electron chi connectivity index (χ1n) is 7.87. The highest BCUT2D eigenvalue weighted by Gasteiger charge is 2.30. The van der Waals surface area contributed by atoms with Gasteiger partial charge in [-0.25, -0.2) is 4.39 Å². The minimum Gasteiger partial charge on any atom is -0.387 e. The Balaban J connectivity index is 1.63. The second-order valence-corrected chi connectivity index (χ2v) is 6.91. The van der Waals surface area contributed by atoms with E-state index in [2.05, 4.69) is 4.90 Å². The fourth-order valence-corrected chi connectivity index (χ4v) is 3.54. The van der Waals surface area contributed by atoms with Gasteiger partial charge in [0.15, 0.2) is 0 Å². The van der Waals surface area contributed by atoms with Gasteiger partial charge in [0.1, 0.15) is 5.82 Å². The van der Waals surface area contributed by atoms with Crippen LogP contribution in [0.3, 0.4) is 0 Å². The molecule has 1 aromatic carbocycles. The number of hydrogen-bond acceptors (Lipinski definition) is 4. The van der Waals surface area contributed by atoms with Gasteiger partial charge in [-0.05, 0) is 37.5 Å².